The van der Waals surface area contributed by atoms with Gasteiger partial charge in [0.15, 0.2) is 0 Å². The molecule has 0 unspecified atom stereocenters. The van der Waals surface area contributed by atoms with Crippen LogP contribution in [0.1, 0.15) is 6.92 Å². The molecule has 0 N–H and O–H groups in total. The molecule has 0 aliphatic carbocycles. The molecule has 2 heteroatoms. The second kappa shape index (κ2) is 11.1. The van der Waals surface area contributed by atoms with Gasteiger partial charge in [-0.05, 0) is 6.92 Å². The van der Waals surface area contributed by atoms with Crippen molar-refractivity contribution in [3.05, 3.63) is 37.0 Å². The summed E-state index contributed by atoms with van der Waals surface area (Å²) in [6.07, 6.45) is 4.51. The molecule has 0 fully saturated rings. The van der Waals surface area contributed by atoms with E-state index in [-0.39, 0.29) is 0 Å². The van der Waals surface area contributed by atoms with Gasteiger partial charge < -0.3 is 0 Å². The number of nitrogens with zero attached hydrogens (tertiary/aromatic N) is 2. The maximum Gasteiger partial charge on any atom is 0.0937 e. The molecular formula is C9H10N2. The van der Waals surface area contributed by atoms with E-state index in [4.69, 9.17) is 10.5 Å². The van der Waals surface area contributed by atoms with E-state index in [1.165, 1.54) is 6.08 Å². The first-order valence-electron chi connectivity index (χ1n) is 2.91. The lowest BCUT2D eigenvalue weighted by molar-refractivity contribution is 1.46. The van der Waals surface area contributed by atoms with Crippen LogP contribution in [0.15, 0.2) is 37.0 Å². The molecule has 0 atom stereocenters. The molecule has 0 aliphatic rings. The SMILES string of the molecule is C=C(C)C#N.C=C/C=C/C#N. The van der Waals surface area contributed by atoms with Crippen LogP contribution >= 0.6 is 0 Å². The van der Waals surface area contributed by atoms with E-state index in [2.05, 4.69) is 13.2 Å². The summed E-state index contributed by atoms with van der Waals surface area (Å²) in [5.41, 5.74) is 0.560. The van der Waals surface area contributed by atoms with E-state index in [9.17, 15) is 0 Å². The average Bonchev–Trinajstić information content (AvgIpc) is 2.02. The first-order chi connectivity index (χ1) is 5.18. The van der Waals surface area contributed by atoms with Crippen molar-refractivity contribution < 1.29 is 0 Å². The molecule has 0 aromatic carbocycles. The van der Waals surface area contributed by atoms with E-state index in [1.54, 1.807) is 19.1 Å². The Morgan fingerprint density at radius 1 is 1.45 bits per heavy atom. The average molecular weight is 146 g/mol. The van der Waals surface area contributed by atoms with E-state index in [0.717, 1.165) is 0 Å². The minimum Gasteiger partial charge on any atom is -0.193 e. The fourth-order valence-corrected chi connectivity index (χ4v) is 0.111. The van der Waals surface area contributed by atoms with Crippen molar-refractivity contribution in [3.63, 3.8) is 0 Å². The van der Waals surface area contributed by atoms with E-state index in [1.807, 2.05) is 12.1 Å². The van der Waals surface area contributed by atoms with E-state index < -0.39 is 0 Å². The first-order valence-corrected chi connectivity index (χ1v) is 2.91. The molecule has 0 saturated heterocycles. The predicted octanol–water partition coefficient (Wildman–Crippen LogP) is 2.34. The molecule has 0 bridgehead atoms. The normalized spacial score (nSPS) is 6.82. The van der Waals surface area contributed by atoms with Gasteiger partial charge in [-0.1, -0.05) is 25.3 Å². The standard InChI is InChI=1S/C5H5N.C4H5N/c1-2-3-4-5-6;1-4(2)3-5/h2-4H,1H2;1H2,2H3/b4-3+;. The van der Waals surface area contributed by atoms with Gasteiger partial charge in [0.1, 0.15) is 0 Å². The van der Waals surface area contributed by atoms with Crippen molar-refractivity contribution in [3.8, 4) is 12.1 Å². The van der Waals surface area contributed by atoms with Gasteiger partial charge >= 0.3 is 0 Å². The number of allylic oxidation sites excluding steroid dienone is 4. The third kappa shape index (κ3) is 30.8. The van der Waals surface area contributed by atoms with Gasteiger partial charge in [0.05, 0.1) is 12.1 Å². The summed E-state index contributed by atoms with van der Waals surface area (Å²) >= 11 is 0. The fourth-order valence-electron chi connectivity index (χ4n) is 0.111. The highest BCUT2D eigenvalue weighted by Gasteiger charge is 1.64. The second-order valence-corrected chi connectivity index (χ2v) is 1.62. The highest BCUT2D eigenvalue weighted by Crippen LogP contribution is 1.74. The zero-order chi connectivity index (χ0) is 9.11. The molecule has 0 rings (SSSR count). The van der Waals surface area contributed by atoms with Crippen molar-refractivity contribution in [1.82, 2.24) is 0 Å². The van der Waals surface area contributed by atoms with Gasteiger partial charge in [-0.15, -0.1) is 0 Å². The molecule has 0 aromatic rings. The molecule has 0 spiro atoms. The van der Waals surface area contributed by atoms with Crippen LogP contribution in [0.2, 0.25) is 0 Å². The molecule has 0 saturated carbocycles. The summed E-state index contributed by atoms with van der Waals surface area (Å²) in [6.45, 7) is 8.34. The molecule has 11 heavy (non-hydrogen) atoms. The smallest absolute Gasteiger partial charge is 0.0937 e. The number of hydrogen-bond donors (Lipinski definition) is 0. The van der Waals surface area contributed by atoms with Crippen LogP contribution in [0.4, 0.5) is 0 Å². The second-order valence-electron chi connectivity index (χ2n) is 1.62. The summed E-state index contributed by atoms with van der Waals surface area (Å²) in [5, 5.41) is 15.6. The van der Waals surface area contributed by atoms with E-state index >= 15 is 0 Å². The van der Waals surface area contributed by atoms with Crippen LogP contribution in [-0.4, -0.2) is 0 Å². The van der Waals surface area contributed by atoms with Gasteiger partial charge in [0.25, 0.3) is 0 Å². The minimum absolute atomic E-state index is 0.560. The zero-order valence-corrected chi connectivity index (χ0v) is 6.54. The first kappa shape index (κ1) is 11.9. The number of hydrogen-bond acceptors (Lipinski definition) is 2. The third-order valence-corrected chi connectivity index (χ3v) is 0.498. The van der Waals surface area contributed by atoms with Crippen LogP contribution in [-0.2, 0) is 0 Å². The Kier molecular flexibility index (Phi) is 12.0. The summed E-state index contributed by atoms with van der Waals surface area (Å²) in [6, 6.07) is 3.65. The van der Waals surface area contributed by atoms with Crippen molar-refractivity contribution in [1.29, 1.82) is 10.5 Å². The van der Waals surface area contributed by atoms with Crippen molar-refractivity contribution in [2.75, 3.05) is 0 Å². The molecule has 0 aliphatic heterocycles. The summed E-state index contributed by atoms with van der Waals surface area (Å²) in [7, 11) is 0. The van der Waals surface area contributed by atoms with Gasteiger partial charge in [-0.25, -0.2) is 0 Å². The zero-order valence-electron chi connectivity index (χ0n) is 6.54. The molecule has 2 nitrogen and oxygen atoms in total. The fraction of sp³-hybridized carbons (Fsp3) is 0.111. The molecule has 0 heterocycles. The van der Waals surface area contributed by atoms with Crippen LogP contribution in [0.25, 0.3) is 0 Å². The highest BCUT2D eigenvalue weighted by molar-refractivity contribution is 5.11. The molecule has 56 valence electrons. The lowest BCUT2D eigenvalue weighted by atomic mass is 10.4. The van der Waals surface area contributed by atoms with Crippen molar-refractivity contribution in [2.24, 2.45) is 0 Å². The van der Waals surface area contributed by atoms with Crippen LogP contribution in [0, 0.1) is 22.7 Å². The van der Waals surface area contributed by atoms with E-state index in [0.29, 0.717) is 5.57 Å². The number of nitriles is 2. The Balaban J connectivity index is 0. The van der Waals surface area contributed by atoms with Crippen molar-refractivity contribution in [2.45, 2.75) is 6.92 Å². The van der Waals surface area contributed by atoms with Crippen LogP contribution in [0.5, 0.6) is 0 Å². The number of rotatable bonds is 1. The maximum absolute atomic E-state index is 7.81. The van der Waals surface area contributed by atoms with Gasteiger partial charge in [0.2, 0.25) is 0 Å². The summed E-state index contributed by atoms with van der Waals surface area (Å²) in [5.74, 6) is 0. The lowest BCUT2D eigenvalue weighted by Gasteiger charge is -1.61. The minimum atomic E-state index is 0.560. The van der Waals surface area contributed by atoms with Crippen LogP contribution in [0.3, 0.4) is 0 Å². The highest BCUT2D eigenvalue weighted by atomic mass is 14.2. The molecule has 0 amide bonds. The van der Waals surface area contributed by atoms with Gasteiger partial charge in [-0.2, -0.15) is 10.5 Å². The monoisotopic (exact) mass is 146 g/mol. The Hall–Kier alpha value is -1.80. The summed E-state index contributed by atoms with van der Waals surface area (Å²) in [4.78, 5) is 0. The topological polar surface area (TPSA) is 47.6 Å². The van der Waals surface area contributed by atoms with Crippen LogP contribution < -0.4 is 0 Å². The quantitative estimate of drug-likeness (QED) is 0.421. The lowest BCUT2D eigenvalue weighted by Crippen LogP contribution is -1.51. The van der Waals surface area contributed by atoms with Gasteiger partial charge in [0, 0.05) is 11.6 Å². The molecular weight excluding hydrogens is 136 g/mol. The molecule has 0 radical (unpaired) electrons. The largest absolute Gasteiger partial charge is 0.193 e. The van der Waals surface area contributed by atoms with Crippen molar-refractivity contribution >= 4 is 0 Å². The maximum atomic E-state index is 7.81. The Labute approximate surface area is 67.4 Å². The Morgan fingerprint density at radius 2 is 1.91 bits per heavy atom. The summed E-state index contributed by atoms with van der Waals surface area (Å²) < 4.78 is 0. The predicted molar refractivity (Wildman–Crippen MR) is 45.4 cm³/mol. The Morgan fingerprint density at radius 3 is 2.00 bits per heavy atom. The molecule has 0 aromatic heterocycles. The third-order valence-electron chi connectivity index (χ3n) is 0.498. The Bertz CT molecular complexity index is 223. The van der Waals surface area contributed by atoms with Gasteiger partial charge in [-0.3, -0.25) is 0 Å².